The first-order valence-electron chi connectivity index (χ1n) is 9.16. The molecule has 0 spiro atoms. The number of carbonyl (C=O) groups is 4. The van der Waals surface area contributed by atoms with Crippen LogP contribution in [-0.4, -0.2) is 34.5 Å². The van der Waals surface area contributed by atoms with Crippen LogP contribution in [-0.2, 0) is 32.1 Å². The molecular weight excluding hydrogens is 374 g/mol. The van der Waals surface area contributed by atoms with Gasteiger partial charge in [0.05, 0.1) is 6.04 Å². The fourth-order valence-corrected chi connectivity index (χ4v) is 2.72. The van der Waals surface area contributed by atoms with Gasteiger partial charge in [0.1, 0.15) is 24.3 Å². The molecule has 2 rings (SSSR count). The van der Waals surface area contributed by atoms with E-state index in [1.807, 2.05) is 30.3 Å². The number of aromatic nitrogens is 1. The summed E-state index contributed by atoms with van der Waals surface area (Å²) in [4.78, 5) is 58.8. The number of amides is 2. The molecule has 1 heterocycles. The molecule has 0 saturated carbocycles. The molecule has 0 aliphatic rings. The highest BCUT2D eigenvalue weighted by Crippen LogP contribution is 2.05. The zero-order valence-corrected chi connectivity index (χ0v) is 16.1. The summed E-state index contributed by atoms with van der Waals surface area (Å²) in [6, 6.07) is 11.6. The van der Waals surface area contributed by atoms with E-state index in [-0.39, 0.29) is 36.8 Å². The first-order valence-corrected chi connectivity index (χ1v) is 9.16. The Morgan fingerprint density at radius 3 is 2.45 bits per heavy atom. The van der Waals surface area contributed by atoms with Crippen LogP contribution in [0.4, 0.5) is 5.69 Å². The largest absolute Gasteiger partial charge is 0.345 e. The smallest absolute Gasteiger partial charge is 0.274 e. The van der Waals surface area contributed by atoms with E-state index in [9.17, 15) is 24.0 Å². The Morgan fingerprint density at radius 2 is 1.79 bits per heavy atom. The summed E-state index contributed by atoms with van der Waals surface area (Å²) < 4.78 is 1.12. The number of ketones is 1. The number of Topliss-reactive ketones (excluding diaryl/α,β-unsaturated/α-hetero) is 1. The van der Waals surface area contributed by atoms with Gasteiger partial charge in [0.2, 0.25) is 11.8 Å². The molecule has 0 aliphatic heterocycles. The average molecular weight is 397 g/mol. The van der Waals surface area contributed by atoms with Crippen molar-refractivity contribution in [2.75, 3.05) is 5.32 Å². The van der Waals surface area contributed by atoms with Gasteiger partial charge in [-0.3, -0.25) is 19.2 Å². The molecule has 2 aromatic rings. The lowest BCUT2D eigenvalue weighted by Gasteiger charge is -2.13. The summed E-state index contributed by atoms with van der Waals surface area (Å²) in [5.41, 5.74) is 0.541. The van der Waals surface area contributed by atoms with Crippen molar-refractivity contribution in [3.05, 3.63) is 64.6 Å². The number of carbonyl (C=O) groups excluding carboxylic acids is 4. The van der Waals surface area contributed by atoms with Crippen molar-refractivity contribution in [2.45, 2.75) is 38.8 Å². The molecule has 8 heteroatoms. The number of rotatable bonds is 10. The minimum absolute atomic E-state index is 0.0639. The molecule has 8 nitrogen and oxygen atoms in total. The third-order valence-electron chi connectivity index (χ3n) is 4.11. The predicted molar refractivity (Wildman–Crippen MR) is 107 cm³/mol. The van der Waals surface area contributed by atoms with Crippen molar-refractivity contribution in [3.63, 3.8) is 0 Å². The topological polar surface area (TPSA) is 114 Å². The quantitative estimate of drug-likeness (QED) is 0.583. The summed E-state index contributed by atoms with van der Waals surface area (Å²) in [5.74, 6) is -1.13. The molecule has 0 aliphatic carbocycles. The summed E-state index contributed by atoms with van der Waals surface area (Å²) in [7, 11) is 0. The second-order valence-corrected chi connectivity index (χ2v) is 6.60. The van der Waals surface area contributed by atoms with E-state index in [0.717, 1.165) is 10.1 Å². The van der Waals surface area contributed by atoms with Crippen LogP contribution < -0.4 is 16.2 Å². The van der Waals surface area contributed by atoms with Crippen molar-refractivity contribution < 1.29 is 19.2 Å². The van der Waals surface area contributed by atoms with Crippen molar-refractivity contribution in [1.29, 1.82) is 0 Å². The van der Waals surface area contributed by atoms with E-state index in [1.54, 1.807) is 0 Å². The minimum atomic E-state index is -0.934. The maximum Gasteiger partial charge on any atom is 0.274 e. The maximum absolute atomic E-state index is 12.5. The molecule has 2 N–H and O–H groups in total. The molecule has 2 amide bonds. The molecule has 1 atom stereocenters. The normalized spacial score (nSPS) is 11.3. The van der Waals surface area contributed by atoms with Gasteiger partial charge in [-0.2, -0.15) is 0 Å². The number of nitrogens with one attached hydrogen (secondary N) is 2. The fraction of sp³-hybridized carbons (Fsp3) is 0.286. The maximum atomic E-state index is 12.5. The lowest BCUT2D eigenvalue weighted by molar-refractivity contribution is -0.126. The lowest BCUT2D eigenvalue weighted by atomic mass is 10.1. The second-order valence-electron chi connectivity index (χ2n) is 6.60. The van der Waals surface area contributed by atoms with E-state index < -0.39 is 17.5 Å². The van der Waals surface area contributed by atoms with E-state index >= 15 is 0 Å². The highest BCUT2D eigenvalue weighted by Gasteiger charge is 2.15. The van der Waals surface area contributed by atoms with Crippen molar-refractivity contribution in [2.24, 2.45) is 0 Å². The number of benzene rings is 1. The summed E-state index contributed by atoms with van der Waals surface area (Å²) in [5, 5.41) is 4.96. The van der Waals surface area contributed by atoms with E-state index in [0.29, 0.717) is 12.7 Å². The van der Waals surface area contributed by atoms with E-state index in [2.05, 4.69) is 10.6 Å². The number of hydrogen-bond acceptors (Lipinski definition) is 5. The van der Waals surface area contributed by atoms with Crippen LogP contribution in [0, 0.1) is 0 Å². The number of aldehydes is 1. The van der Waals surface area contributed by atoms with Gasteiger partial charge in [-0.15, -0.1) is 0 Å². The monoisotopic (exact) mass is 397 g/mol. The Morgan fingerprint density at radius 1 is 1.07 bits per heavy atom. The van der Waals surface area contributed by atoms with Crippen molar-refractivity contribution in [3.8, 4) is 0 Å². The Hall–Kier alpha value is -3.55. The molecular formula is C21H23N3O5. The molecule has 0 radical (unpaired) electrons. The van der Waals surface area contributed by atoms with Gasteiger partial charge in [0, 0.05) is 19.0 Å². The molecule has 0 bridgehead atoms. The van der Waals surface area contributed by atoms with Gasteiger partial charge in [-0.1, -0.05) is 30.3 Å². The van der Waals surface area contributed by atoms with Crippen LogP contribution in [0.5, 0.6) is 0 Å². The van der Waals surface area contributed by atoms with E-state index in [4.69, 9.17) is 0 Å². The molecule has 1 aromatic carbocycles. The molecule has 152 valence electrons. The van der Waals surface area contributed by atoms with Gasteiger partial charge in [0.15, 0.2) is 0 Å². The molecule has 0 fully saturated rings. The standard InChI is InChI=1S/C21H23N3O5/c1-15(26)12-17(14-25)22-20(28)13-24-11-5-8-18(21(24)29)23-19(27)10-9-16-6-3-2-4-7-16/h2-8,11,14,17H,9-10,12-13H2,1H3,(H,22,28)(H,23,27)/t17-/m0/s1. The van der Waals surface area contributed by atoms with Gasteiger partial charge < -0.3 is 20.0 Å². The summed E-state index contributed by atoms with van der Waals surface area (Å²) in [6.45, 7) is 0.978. The van der Waals surface area contributed by atoms with Gasteiger partial charge >= 0.3 is 0 Å². The zero-order chi connectivity index (χ0) is 21.2. The van der Waals surface area contributed by atoms with Crippen LogP contribution in [0.3, 0.4) is 0 Å². The van der Waals surface area contributed by atoms with Gasteiger partial charge in [-0.25, -0.2) is 0 Å². The molecule has 29 heavy (non-hydrogen) atoms. The van der Waals surface area contributed by atoms with Gasteiger partial charge in [0.25, 0.3) is 5.56 Å². The molecule has 0 unspecified atom stereocenters. The van der Waals surface area contributed by atoms with Gasteiger partial charge in [-0.05, 0) is 31.0 Å². The summed E-state index contributed by atoms with van der Waals surface area (Å²) >= 11 is 0. The molecule has 0 saturated heterocycles. The predicted octanol–water partition coefficient (Wildman–Crippen LogP) is 1.08. The van der Waals surface area contributed by atoms with Crippen LogP contribution in [0.15, 0.2) is 53.5 Å². The Labute approximate surface area is 167 Å². The number of aryl methyl sites for hydroxylation is 1. The minimum Gasteiger partial charge on any atom is -0.345 e. The third-order valence-corrected chi connectivity index (χ3v) is 4.11. The highest BCUT2D eigenvalue weighted by atomic mass is 16.2. The van der Waals surface area contributed by atoms with Crippen LogP contribution in [0.2, 0.25) is 0 Å². The van der Waals surface area contributed by atoms with Crippen LogP contribution in [0.1, 0.15) is 25.3 Å². The van der Waals surface area contributed by atoms with Crippen molar-refractivity contribution >= 4 is 29.6 Å². The SMILES string of the molecule is CC(=O)C[C@@H](C=O)NC(=O)Cn1cccc(NC(=O)CCc2ccccc2)c1=O. The second kappa shape index (κ2) is 10.7. The number of hydrogen-bond donors (Lipinski definition) is 2. The number of pyridine rings is 1. The van der Waals surface area contributed by atoms with E-state index in [1.165, 1.54) is 25.3 Å². The van der Waals surface area contributed by atoms with Crippen LogP contribution in [0.25, 0.3) is 0 Å². The Kier molecular flexibility index (Phi) is 8.02. The number of nitrogens with zero attached hydrogens (tertiary/aromatic N) is 1. The highest BCUT2D eigenvalue weighted by molar-refractivity contribution is 5.90. The van der Waals surface area contributed by atoms with Crippen molar-refractivity contribution in [1.82, 2.24) is 9.88 Å². The number of anilines is 1. The first-order chi connectivity index (χ1) is 13.9. The Balaban J connectivity index is 1.96. The zero-order valence-electron chi connectivity index (χ0n) is 16.1. The van der Waals surface area contributed by atoms with Crippen LogP contribution >= 0.6 is 0 Å². The average Bonchev–Trinajstić information content (AvgIpc) is 2.69. The third kappa shape index (κ3) is 7.17. The summed E-state index contributed by atoms with van der Waals surface area (Å²) in [6.07, 6.45) is 2.53. The first kappa shape index (κ1) is 21.7. The lowest BCUT2D eigenvalue weighted by Crippen LogP contribution is -2.40. The molecule has 1 aromatic heterocycles. The Bertz CT molecular complexity index is 937. The fourth-order valence-electron chi connectivity index (χ4n) is 2.72.